The van der Waals surface area contributed by atoms with Crippen LogP contribution in [0.3, 0.4) is 0 Å². The van der Waals surface area contributed by atoms with E-state index < -0.39 is 0 Å². The van der Waals surface area contributed by atoms with Gasteiger partial charge in [-0.15, -0.1) is 0 Å². The highest BCUT2D eigenvalue weighted by Crippen LogP contribution is 2.17. The molecule has 0 spiro atoms. The minimum atomic E-state index is 0.0869. The lowest BCUT2D eigenvalue weighted by atomic mass is 10.0. The van der Waals surface area contributed by atoms with Crippen molar-refractivity contribution in [2.24, 2.45) is 0 Å². The van der Waals surface area contributed by atoms with Crippen LogP contribution in [-0.2, 0) is 4.79 Å². The van der Waals surface area contributed by atoms with E-state index in [9.17, 15) is 4.79 Å². The molecule has 2 rings (SSSR count). The number of carbonyl (C=O) groups is 1. The van der Waals surface area contributed by atoms with Gasteiger partial charge in [0.05, 0.1) is 12.7 Å². The highest BCUT2D eigenvalue weighted by atomic mass is 16.2. The van der Waals surface area contributed by atoms with Gasteiger partial charge in [0.25, 0.3) is 0 Å². The Morgan fingerprint density at radius 1 is 1.25 bits per heavy atom. The van der Waals surface area contributed by atoms with Gasteiger partial charge in [0.2, 0.25) is 5.91 Å². The Morgan fingerprint density at radius 2 is 2.10 bits per heavy atom. The van der Waals surface area contributed by atoms with Crippen LogP contribution in [0.15, 0.2) is 0 Å². The van der Waals surface area contributed by atoms with Gasteiger partial charge < -0.3 is 9.80 Å². The Balaban J connectivity index is 1.65. The van der Waals surface area contributed by atoms with Crippen LogP contribution in [-0.4, -0.2) is 54.1 Å². The number of carbonyl (C=O) groups excluding carboxylic acids is 1. The highest BCUT2D eigenvalue weighted by molar-refractivity contribution is 5.83. The number of hydrogen-bond donors (Lipinski definition) is 1. The molecule has 1 N–H and O–H groups in total. The van der Waals surface area contributed by atoms with Gasteiger partial charge in [-0.2, -0.15) is 0 Å². The minimum absolute atomic E-state index is 0.0869. The van der Waals surface area contributed by atoms with Gasteiger partial charge in [0.1, 0.15) is 0 Å². The lowest BCUT2D eigenvalue weighted by Crippen LogP contribution is -2.39. The van der Waals surface area contributed by atoms with Crippen molar-refractivity contribution in [2.75, 3.05) is 26.3 Å². The van der Waals surface area contributed by atoms with Crippen molar-refractivity contribution in [2.45, 2.75) is 70.9 Å². The molecular weight excluding hydrogens is 250 g/mol. The van der Waals surface area contributed by atoms with E-state index in [-0.39, 0.29) is 6.04 Å². The fourth-order valence-corrected chi connectivity index (χ4v) is 3.38. The fourth-order valence-electron chi connectivity index (χ4n) is 3.38. The van der Waals surface area contributed by atoms with E-state index in [1.165, 1.54) is 25.8 Å². The second kappa shape index (κ2) is 7.99. The molecule has 20 heavy (non-hydrogen) atoms. The lowest BCUT2D eigenvalue weighted by Gasteiger charge is -2.33. The first kappa shape index (κ1) is 15.8. The zero-order valence-corrected chi connectivity index (χ0v) is 13.2. The summed E-state index contributed by atoms with van der Waals surface area (Å²) in [6.45, 7) is 8.57. The zero-order chi connectivity index (χ0) is 14.4. The molecule has 0 aliphatic carbocycles. The molecule has 0 aromatic heterocycles. The molecule has 2 aliphatic heterocycles. The highest BCUT2D eigenvalue weighted by Gasteiger charge is 2.30. The van der Waals surface area contributed by atoms with Crippen LogP contribution < -0.4 is 5.32 Å². The molecule has 1 amide bonds. The maximum atomic E-state index is 12.2. The average molecular weight is 281 g/mol. The van der Waals surface area contributed by atoms with Gasteiger partial charge in [0, 0.05) is 19.1 Å². The maximum absolute atomic E-state index is 12.2. The molecule has 0 aromatic carbocycles. The number of rotatable bonds is 7. The molecule has 0 radical (unpaired) electrons. The molecule has 2 atom stereocenters. The Hall–Kier alpha value is -0.610. The Bertz CT molecular complexity index is 308. The Labute approximate surface area is 123 Å². The van der Waals surface area contributed by atoms with Gasteiger partial charge in [-0.25, -0.2) is 0 Å². The Kier molecular flexibility index (Phi) is 6.30. The van der Waals surface area contributed by atoms with E-state index in [1.807, 2.05) is 4.90 Å². The summed E-state index contributed by atoms with van der Waals surface area (Å²) >= 11 is 0. The van der Waals surface area contributed by atoms with Gasteiger partial charge in [-0.1, -0.05) is 26.2 Å². The monoisotopic (exact) mass is 281 g/mol. The summed E-state index contributed by atoms with van der Waals surface area (Å²) in [6, 6.07) is 0.817. The first-order chi connectivity index (χ1) is 9.72. The van der Waals surface area contributed by atoms with Crippen molar-refractivity contribution >= 4 is 5.91 Å². The second-order valence-electron chi connectivity index (χ2n) is 6.39. The third-order valence-corrected chi connectivity index (χ3v) is 4.80. The molecule has 4 nitrogen and oxygen atoms in total. The van der Waals surface area contributed by atoms with E-state index in [1.54, 1.807) is 0 Å². The standard InChI is InChI=1S/C16H31N3O/c1-3-4-9-15-16(20)19(13-17-15)12-7-11-18-10-6-5-8-14(18)2/h14-15,17H,3-13H2,1-2H3. The van der Waals surface area contributed by atoms with Crippen molar-refractivity contribution in [3.63, 3.8) is 0 Å². The van der Waals surface area contributed by atoms with Crippen LogP contribution >= 0.6 is 0 Å². The van der Waals surface area contributed by atoms with Gasteiger partial charge in [-0.05, 0) is 39.2 Å². The summed E-state index contributed by atoms with van der Waals surface area (Å²) in [5, 5.41) is 3.35. The second-order valence-corrected chi connectivity index (χ2v) is 6.39. The summed E-state index contributed by atoms with van der Waals surface area (Å²) in [4.78, 5) is 16.8. The fraction of sp³-hybridized carbons (Fsp3) is 0.938. The Morgan fingerprint density at radius 3 is 2.85 bits per heavy atom. The van der Waals surface area contributed by atoms with Crippen molar-refractivity contribution in [1.29, 1.82) is 0 Å². The smallest absolute Gasteiger partial charge is 0.240 e. The van der Waals surface area contributed by atoms with Crippen LogP contribution in [0, 0.1) is 0 Å². The maximum Gasteiger partial charge on any atom is 0.240 e. The lowest BCUT2D eigenvalue weighted by molar-refractivity contribution is -0.129. The number of nitrogens with zero attached hydrogens (tertiary/aromatic N) is 2. The first-order valence-electron chi connectivity index (χ1n) is 8.48. The number of amides is 1. The summed E-state index contributed by atoms with van der Waals surface area (Å²) in [6.07, 6.45) is 8.47. The van der Waals surface area contributed by atoms with E-state index in [2.05, 4.69) is 24.1 Å². The van der Waals surface area contributed by atoms with Crippen molar-refractivity contribution < 1.29 is 4.79 Å². The van der Waals surface area contributed by atoms with Crippen molar-refractivity contribution in [3.05, 3.63) is 0 Å². The molecule has 116 valence electrons. The molecule has 2 saturated heterocycles. The minimum Gasteiger partial charge on any atom is -0.329 e. The summed E-state index contributed by atoms with van der Waals surface area (Å²) in [5.41, 5.74) is 0. The quantitative estimate of drug-likeness (QED) is 0.777. The van der Waals surface area contributed by atoms with Crippen LogP contribution in [0.1, 0.15) is 58.8 Å². The SMILES string of the molecule is CCCCC1NCN(CCCN2CCCCC2C)C1=O. The largest absolute Gasteiger partial charge is 0.329 e. The van der Waals surface area contributed by atoms with Gasteiger partial charge in [0.15, 0.2) is 0 Å². The normalized spacial score (nSPS) is 28.3. The van der Waals surface area contributed by atoms with Crippen molar-refractivity contribution in [3.8, 4) is 0 Å². The summed E-state index contributed by atoms with van der Waals surface area (Å²) in [5.74, 6) is 0.324. The third kappa shape index (κ3) is 4.19. The van der Waals surface area contributed by atoms with Crippen molar-refractivity contribution in [1.82, 2.24) is 15.1 Å². The van der Waals surface area contributed by atoms with E-state index in [0.29, 0.717) is 5.91 Å². The summed E-state index contributed by atoms with van der Waals surface area (Å²) in [7, 11) is 0. The molecular formula is C16H31N3O. The topological polar surface area (TPSA) is 35.6 Å². The van der Waals surface area contributed by atoms with E-state index in [4.69, 9.17) is 0 Å². The molecule has 2 fully saturated rings. The molecule has 0 saturated carbocycles. The van der Waals surface area contributed by atoms with Crippen LogP contribution in [0.2, 0.25) is 0 Å². The molecule has 2 unspecified atom stereocenters. The first-order valence-corrected chi connectivity index (χ1v) is 8.48. The van der Waals surface area contributed by atoms with E-state index in [0.717, 1.165) is 51.5 Å². The number of hydrogen-bond acceptors (Lipinski definition) is 3. The summed E-state index contributed by atoms with van der Waals surface area (Å²) < 4.78 is 0. The van der Waals surface area contributed by atoms with Gasteiger partial charge in [-0.3, -0.25) is 10.1 Å². The predicted molar refractivity (Wildman–Crippen MR) is 82.5 cm³/mol. The van der Waals surface area contributed by atoms with E-state index >= 15 is 0 Å². The van der Waals surface area contributed by atoms with Crippen LogP contribution in [0.25, 0.3) is 0 Å². The van der Waals surface area contributed by atoms with Crippen LogP contribution in [0.5, 0.6) is 0 Å². The average Bonchev–Trinajstić information content (AvgIpc) is 2.80. The van der Waals surface area contributed by atoms with Crippen LogP contribution in [0.4, 0.5) is 0 Å². The third-order valence-electron chi connectivity index (χ3n) is 4.80. The molecule has 0 bridgehead atoms. The predicted octanol–water partition coefficient (Wildman–Crippen LogP) is 2.20. The number of nitrogens with one attached hydrogen (secondary N) is 1. The molecule has 4 heteroatoms. The van der Waals surface area contributed by atoms with Gasteiger partial charge >= 0.3 is 0 Å². The number of unbranched alkanes of at least 4 members (excludes halogenated alkanes) is 1. The molecule has 0 aromatic rings. The molecule has 2 heterocycles. The number of piperidine rings is 1. The zero-order valence-electron chi connectivity index (χ0n) is 13.2. The number of likely N-dealkylation sites (tertiary alicyclic amines) is 1. The molecule has 2 aliphatic rings.